The van der Waals surface area contributed by atoms with Crippen molar-refractivity contribution in [2.24, 2.45) is 0 Å². The average Bonchev–Trinajstić information content (AvgIpc) is 1.69. The molecule has 0 saturated heterocycles. The number of hydrogen-bond acceptors (Lipinski definition) is 0. The van der Waals surface area contributed by atoms with Crippen LogP contribution in [0.2, 0.25) is 0 Å². The molecule has 0 heterocycles. The zero-order valence-electron chi connectivity index (χ0n) is 5.94. The van der Waals surface area contributed by atoms with E-state index in [1.807, 2.05) is 0 Å². The van der Waals surface area contributed by atoms with Crippen LogP contribution in [0.4, 0.5) is 4.70 Å². The summed E-state index contributed by atoms with van der Waals surface area (Å²) in [5.41, 5.74) is 0. The van der Waals surface area contributed by atoms with Crippen molar-refractivity contribution in [1.82, 2.24) is 0 Å². The van der Waals surface area contributed by atoms with Gasteiger partial charge in [0.1, 0.15) is 0 Å². The lowest BCUT2D eigenvalue weighted by atomic mass is 10.2. The average molecular weight is 120 g/mol. The third-order valence-electron chi connectivity index (χ3n) is 1.21. The van der Waals surface area contributed by atoms with Gasteiger partial charge < -0.3 is 0 Å². The molecule has 0 unspecified atom stereocenters. The Balaban J connectivity index is 0. The van der Waals surface area contributed by atoms with E-state index in [1.54, 1.807) is 0 Å². The summed E-state index contributed by atoms with van der Waals surface area (Å²) in [6.07, 6.45) is 7.01. The van der Waals surface area contributed by atoms with Crippen LogP contribution in [-0.2, 0) is 0 Å². The quantitative estimate of drug-likeness (QED) is 0.500. The molecule has 0 fully saturated rings. The van der Waals surface area contributed by atoms with Gasteiger partial charge in [0, 0.05) is 0 Å². The smallest absolute Gasteiger partial charge is 0.0533 e. The number of rotatable bonds is 4. The third kappa shape index (κ3) is 9.33. The highest BCUT2D eigenvalue weighted by molar-refractivity contribution is 4.35. The maximum absolute atomic E-state index is 2.25. The zero-order chi connectivity index (χ0) is 5.54. The van der Waals surface area contributed by atoms with E-state index >= 15 is 0 Å². The molecular weight excluding hydrogens is 103 g/mol. The highest BCUT2D eigenvalue weighted by atomic mass is 19.0. The van der Waals surface area contributed by atoms with Gasteiger partial charge in [0.15, 0.2) is 0 Å². The summed E-state index contributed by atoms with van der Waals surface area (Å²) in [5.74, 6) is 0. The molecule has 52 valence electrons. The molecule has 0 aromatic carbocycles. The van der Waals surface area contributed by atoms with Crippen molar-refractivity contribution in [2.75, 3.05) is 0 Å². The van der Waals surface area contributed by atoms with Gasteiger partial charge in [0.25, 0.3) is 0 Å². The fourth-order valence-electron chi connectivity index (χ4n) is 0.677. The lowest BCUT2D eigenvalue weighted by Crippen LogP contribution is -1.70. The second-order valence-corrected chi connectivity index (χ2v) is 2.06. The maximum atomic E-state index is 2.25. The molecule has 0 saturated carbocycles. The zero-order valence-corrected chi connectivity index (χ0v) is 5.94. The van der Waals surface area contributed by atoms with Gasteiger partial charge in [-0.3, -0.25) is 4.70 Å². The first-order chi connectivity index (χ1) is 3.41. The van der Waals surface area contributed by atoms with Crippen molar-refractivity contribution in [2.45, 2.75) is 46.0 Å². The second kappa shape index (κ2) is 10.0. The van der Waals surface area contributed by atoms with Crippen molar-refractivity contribution in [3.63, 3.8) is 0 Å². The Morgan fingerprint density at radius 3 is 1.38 bits per heavy atom. The monoisotopic (exact) mass is 120 g/mol. The topological polar surface area (TPSA) is 0 Å². The van der Waals surface area contributed by atoms with Crippen molar-refractivity contribution >= 4 is 0 Å². The normalized spacial score (nSPS) is 8.25. The molecule has 1 heteroatoms. The molecule has 8 heavy (non-hydrogen) atoms. The molecule has 0 N–H and O–H groups in total. The molecule has 0 rings (SSSR count). The van der Waals surface area contributed by atoms with E-state index in [9.17, 15) is 0 Å². The van der Waals surface area contributed by atoms with Crippen molar-refractivity contribution in [3.8, 4) is 0 Å². The van der Waals surface area contributed by atoms with Gasteiger partial charge in [-0.25, -0.2) is 0 Å². The second-order valence-electron chi connectivity index (χ2n) is 2.06. The summed E-state index contributed by atoms with van der Waals surface area (Å²) < 4.78 is 0. The molecule has 0 aliphatic rings. The Hall–Kier alpha value is -0.0700. The van der Waals surface area contributed by atoms with Crippen LogP contribution < -0.4 is 0 Å². The van der Waals surface area contributed by atoms with Crippen LogP contribution in [0.5, 0.6) is 0 Å². The molecular formula is C7H17F. The molecule has 0 spiro atoms. The van der Waals surface area contributed by atoms with E-state index < -0.39 is 0 Å². The maximum Gasteiger partial charge on any atom is -0.0533 e. The highest BCUT2D eigenvalue weighted by Gasteiger charge is 1.80. The Kier molecular flexibility index (Phi) is 13.6. The van der Waals surface area contributed by atoms with Gasteiger partial charge in [0.2, 0.25) is 0 Å². The van der Waals surface area contributed by atoms with Crippen LogP contribution in [0.3, 0.4) is 0 Å². The van der Waals surface area contributed by atoms with Gasteiger partial charge in [-0.05, 0) is 0 Å². The Labute approximate surface area is 51.7 Å². The van der Waals surface area contributed by atoms with Gasteiger partial charge in [-0.15, -0.1) is 0 Å². The van der Waals surface area contributed by atoms with Crippen LogP contribution in [0.25, 0.3) is 0 Å². The van der Waals surface area contributed by atoms with Crippen LogP contribution in [0, 0.1) is 0 Å². The Morgan fingerprint density at radius 1 is 0.750 bits per heavy atom. The largest absolute Gasteiger partial charge is 0.269 e. The predicted octanol–water partition coefficient (Wildman–Crippen LogP) is 3.13. The predicted molar refractivity (Wildman–Crippen MR) is 36.9 cm³/mol. The SMILES string of the molecule is CCCCCCC.F. The van der Waals surface area contributed by atoms with E-state index in [-0.39, 0.29) is 4.70 Å². The first-order valence-corrected chi connectivity index (χ1v) is 3.41. The molecule has 0 aliphatic carbocycles. The van der Waals surface area contributed by atoms with Gasteiger partial charge >= 0.3 is 0 Å². The van der Waals surface area contributed by atoms with Crippen molar-refractivity contribution < 1.29 is 4.70 Å². The molecule has 0 aliphatic heterocycles. The number of unbranched alkanes of at least 4 members (excludes halogenated alkanes) is 4. The van der Waals surface area contributed by atoms with Crippen LogP contribution in [0.15, 0.2) is 0 Å². The van der Waals surface area contributed by atoms with E-state index in [0.717, 1.165) is 0 Å². The fourth-order valence-corrected chi connectivity index (χ4v) is 0.677. The van der Waals surface area contributed by atoms with Gasteiger partial charge in [0.05, 0.1) is 0 Å². The summed E-state index contributed by atoms with van der Waals surface area (Å²) in [7, 11) is 0. The first-order valence-electron chi connectivity index (χ1n) is 3.41. The van der Waals surface area contributed by atoms with Crippen LogP contribution in [-0.4, -0.2) is 0 Å². The van der Waals surface area contributed by atoms with Crippen LogP contribution >= 0.6 is 0 Å². The van der Waals surface area contributed by atoms with E-state index in [0.29, 0.717) is 0 Å². The van der Waals surface area contributed by atoms with Gasteiger partial charge in [-0.1, -0.05) is 46.0 Å². The summed E-state index contributed by atoms with van der Waals surface area (Å²) in [4.78, 5) is 0. The Morgan fingerprint density at radius 2 is 1.12 bits per heavy atom. The molecule has 0 nitrogen and oxygen atoms in total. The van der Waals surface area contributed by atoms with Crippen molar-refractivity contribution in [1.29, 1.82) is 0 Å². The van der Waals surface area contributed by atoms with Gasteiger partial charge in [-0.2, -0.15) is 0 Å². The van der Waals surface area contributed by atoms with Crippen molar-refractivity contribution in [3.05, 3.63) is 0 Å². The lowest BCUT2D eigenvalue weighted by Gasteiger charge is -1.90. The number of hydrogen-bond donors (Lipinski definition) is 0. The van der Waals surface area contributed by atoms with E-state index in [4.69, 9.17) is 0 Å². The lowest BCUT2D eigenvalue weighted by molar-refractivity contribution is 0.656. The Bertz CT molecular complexity index is 23.6. The fraction of sp³-hybridized carbons (Fsp3) is 1.00. The molecule has 0 atom stereocenters. The third-order valence-corrected chi connectivity index (χ3v) is 1.21. The summed E-state index contributed by atoms with van der Waals surface area (Å²) in [5, 5.41) is 0. The molecule has 0 amide bonds. The molecule has 0 aromatic heterocycles. The summed E-state index contributed by atoms with van der Waals surface area (Å²) in [6.45, 7) is 4.49. The highest BCUT2D eigenvalue weighted by Crippen LogP contribution is 2.00. The minimum absolute atomic E-state index is 0. The molecule has 0 radical (unpaired) electrons. The van der Waals surface area contributed by atoms with E-state index in [1.165, 1.54) is 32.1 Å². The molecule has 0 bridgehead atoms. The standard InChI is InChI=1S/C7H16.FH/c1-3-5-7-6-4-2;/h3-7H2,1-2H3;1H. The minimum atomic E-state index is 0. The molecule has 0 aromatic rings. The van der Waals surface area contributed by atoms with E-state index in [2.05, 4.69) is 13.8 Å². The number of halogens is 1. The summed E-state index contributed by atoms with van der Waals surface area (Å²) in [6, 6.07) is 0. The van der Waals surface area contributed by atoms with Crippen LogP contribution in [0.1, 0.15) is 46.0 Å². The summed E-state index contributed by atoms with van der Waals surface area (Å²) >= 11 is 0. The first kappa shape index (κ1) is 10.8. The minimum Gasteiger partial charge on any atom is -0.269 e.